The van der Waals surface area contributed by atoms with Crippen molar-refractivity contribution in [2.24, 2.45) is 0 Å². The molecule has 1 aliphatic heterocycles. The molecule has 0 saturated heterocycles. The summed E-state index contributed by atoms with van der Waals surface area (Å²) in [6, 6.07) is 18.3. The van der Waals surface area contributed by atoms with Crippen LogP contribution in [0.25, 0.3) is 22.0 Å². The number of nitrogens with zero attached hydrogens (tertiary/aromatic N) is 2. The van der Waals surface area contributed by atoms with Gasteiger partial charge in [0.05, 0.1) is 5.69 Å². The van der Waals surface area contributed by atoms with Gasteiger partial charge in [-0.15, -0.1) is 0 Å². The normalized spacial score (nSPS) is 16.4. The maximum atomic E-state index is 15.5. The van der Waals surface area contributed by atoms with Gasteiger partial charge in [0.15, 0.2) is 0 Å². The van der Waals surface area contributed by atoms with Crippen LogP contribution in [0, 0.1) is 11.6 Å². The largest absolute Gasteiger partial charge is 0.313 e. The highest BCUT2D eigenvalue weighted by Crippen LogP contribution is 2.38. The van der Waals surface area contributed by atoms with Crippen molar-refractivity contribution in [3.63, 3.8) is 0 Å². The molecular weight excluding hydrogens is 368 g/mol. The van der Waals surface area contributed by atoms with Crippen LogP contribution in [0.4, 0.5) is 8.78 Å². The lowest BCUT2D eigenvalue weighted by molar-refractivity contribution is 0.587. The van der Waals surface area contributed by atoms with E-state index in [1.54, 1.807) is 30.5 Å². The first-order valence-corrected chi connectivity index (χ1v) is 9.71. The Kier molecular flexibility index (Phi) is 4.52. The number of hydrogen-bond acceptors (Lipinski definition) is 3. The van der Waals surface area contributed by atoms with Crippen molar-refractivity contribution in [3.05, 3.63) is 95.2 Å². The molecule has 4 aromatic rings. The number of fused-ring (bicyclic) bond motifs is 2. The number of hydrogen-bond donors (Lipinski definition) is 1. The Labute approximate surface area is 167 Å². The zero-order valence-electron chi connectivity index (χ0n) is 15.7. The molecule has 0 radical (unpaired) electrons. The van der Waals surface area contributed by atoms with Gasteiger partial charge in [0.25, 0.3) is 0 Å². The van der Waals surface area contributed by atoms with E-state index in [1.165, 1.54) is 0 Å². The van der Waals surface area contributed by atoms with Gasteiger partial charge in [-0.3, -0.25) is 0 Å². The predicted octanol–water partition coefficient (Wildman–Crippen LogP) is 5.20. The molecule has 0 spiro atoms. The molecule has 5 rings (SSSR count). The summed E-state index contributed by atoms with van der Waals surface area (Å²) in [6.45, 7) is 1.09. The first-order chi connectivity index (χ1) is 14.2. The van der Waals surface area contributed by atoms with Gasteiger partial charge in [-0.2, -0.15) is 10.2 Å². The third-order valence-electron chi connectivity index (χ3n) is 5.68. The van der Waals surface area contributed by atoms with E-state index < -0.39 is 0 Å². The summed E-state index contributed by atoms with van der Waals surface area (Å²) < 4.78 is 30.9. The van der Waals surface area contributed by atoms with Crippen molar-refractivity contribution < 1.29 is 8.78 Å². The quantitative estimate of drug-likeness (QED) is 0.514. The standard InChI is InChI=1S/C24H19F2N3/c25-23-16-5-2-1-4-15(16)7-8-19(23)18-11-13-27-14-21-17(18)9-10-20(24(21)26)22-6-3-12-28-29-22/h1-10,12,18,27H,11,13-14H2. The highest BCUT2D eigenvalue weighted by molar-refractivity contribution is 5.84. The Morgan fingerprint density at radius 2 is 1.72 bits per heavy atom. The Balaban J connectivity index is 1.66. The smallest absolute Gasteiger partial charge is 0.137 e. The van der Waals surface area contributed by atoms with Crippen LogP contribution in [0.5, 0.6) is 0 Å². The molecular formula is C24H19F2N3. The number of aromatic nitrogens is 2. The molecule has 0 bridgehead atoms. The number of benzene rings is 3. The van der Waals surface area contributed by atoms with Gasteiger partial charge in [-0.1, -0.05) is 42.5 Å². The molecule has 1 unspecified atom stereocenters. The summed E-state index contributed by atoms with van der Waals surface area (Å²) in [7, 11) is 0. The zero-order valence-corrected chi connectivity index (χ0v) is 15.7. The van der Waals surface area contributed by atoms with Crippen molar-refractivity contribution in [3.8, 4) is 11.3 Å². The maximum Gasteiger partial charge on any atom is 0.137 e. The Morgan fingerprint density at radius 3 is 2.59 bits per heavy atom. The fourth-order valence-electron chi connectivity index (χ4n) is 4.24. The first kappa shape index (κ1) is 17.9. The Bertz CT molecular complexity index is 1190. The average Bonchev–Trinajstić information content (AvgIpc) is 2.98. The number of halogens is 2. The van der Waals surface area contributed by atoms with Crippen LogP contribution in [0.3, 0.4) is 0 Å². The van der Waals surface area contributed by atoms with Crippen molar-refractivity contribution >= 4 is 10.8 Å². The minimum absolute atomic E-state index is 0.213. The second-order valence-corrected chi connectivity index (χ2v) is 7.31. The summed E-state index contributed by atoms with van der Waals surface area (Å²) in [5.41, 5.74) is 2.92. The molecule has 5 heteroatoms. The minimum atomic E-state index is -0.316. The molecule has 3 nitrogen and oxygen atoms in total. The van der Waals surface area contributed by atoms with E-state index in [4.69, 9.17) is 0 Å². The average molecular weight is 387 g/mol. The van der Waals surface area contributed by atoms with Gasteiger partial charge < -0.3 is 5.32 Å². The Hall–Kier alpha value is -3.18. The van der Waals surface area contributed by atoms with Gasteiger partial charge in [0, 0.05) is 35.2 Å². The summed E-state index contributed by atoms with van der Waals surface area (Å²) in [5, 5.41) is 12.6. The van der Waals surface area contributed by atoms with E-state index in [2.05, 4.69) is 15.5 Å². The van der Waals surface area contributed by atoms with E-state index in [0.717, 1.165) is 10.9 Å². The van der Waals surface area contributed by atoms with Crippen molar-refractivity contribution in [1.29, 1.82) is 0 Å². The highest BCUT2D eigenvalue weighted by Gasteiger charge is 2.27. The van der Waals surface area contributed by atoms with Crippen LogP contribution in [0.1, 0.15) is 29.0 Å². The van der Waals surface area contributed by atoms with Crippen molar-refractivity contribution in [2.75, 3.05) is 6.54 Å². The molecule has 0 aliphatic carbocycles. The molecule has 1 N–H and O–H groups in total. The Morgan fingerprint density at radius 1 is 0.862 bits per heavy atom. The van der Waals surface area contributed by atoms with Gasteiger partial charge in [0.2, 0.25) is 0 Å². The highest BCUT2D eigenvalue weighted by atomic mass is 19.1. The number of nitrogens with one attached hydrogen (secondary N) is 1. The molecule has 0 amide bonds. The van der Waals surface area contributed by atoms with Crippen LogP contribution < -0.4 is 5.32 Å². The summed E-state index contributed by atoms with van der Waals surface area (Å²) in [6.07, 6.45) is 2.26. The fourth-order valence-corrected chi connectivity index (χ4v) is 4.24. The second kappa shape index (κ2) is 7.33. The first-order valence-electron chi connectivity index (χ1n) is 9.71. The summed E-state index contributed by atoms with van der Waals surface area (Å²) in [4.78, 5) is 0. The minimum Gasteiger partial charge on any atom is -0.313 e. The van der Waals surface area contributed by atoms with Crippen LogP contribution in [0.2, 0.25) is 0 Å². The van der Waals surface area contributed by atoms with E-state index >= 15 is 8.78 Å². The molecule has 3 aromatic carbocycles. The topological polar surface area (TPSA) is 37.8 Å². The van der Waals surface area contributed by atoms with E-state index in [-0.39, 0.29) is 17.6 Å². The summed E-state index contributed by atoms with van der Waals surface area (Å²) >= 11 is 0. The molecule has 1 atom stereocenters. The van der Waals surface area contributed by atoms with Gasteiger partial charge in [-0.05, 0) is 47.7 Å². The van der Waals surface area contributed by atoms with Crippen LogP contribution >= 0.6 is 0 Å². The second-order valence-electron chi connectivity index (χ2n) is 7.31. The molecule has 144 valence electrons. The maximum absolute atomic E-state index is 15.5. The van der Waals surface area contributed by atoms with E-state index in [9.17, 15) is 0 Å². The van der Waals surface area contributed by atoms with Crippen LogP contribution in [-0.4, -0.2) is 16.7 Å². The fraction of sp³-hybridized carbons (Fsp3) is 0.167. The van der Waals surface area contributed by atoms with E-state index in [0.29, 0.717) is 47.3 Å². The van der Waals surface area contributed by atoms with E-state index in [1.807, 2.05) is 36.4 Å². The van der Waals surface area contributed by atoms with Gasteiger partial charge in [0.1, 0.15) is 11.6 Å². The van der Waals surface area contributed by atoms with Crippen molar-refractivity contribution in [2.45, 2.75) is 18.9 Å². The van der Waals surface area contributed by atoms with Gasteiger partial charge >= 0.3 is 0 Å². The molecule has 1 aliphatic rings. The lowest BCUT2D eigenvalue weighted by Gasteiger charge is -2.20. The molecule has 29 heavy (non-hydrogen) atoms. The molecule has 0 fully saturated rings. The number of rotatable bonds is 2. The third kappa shape index (κ3) is 3.08. The summed E-state index contributed by atoms with van der Waals surface area (Å²) in [5.74, 6) is -0.752. The lowest BCUT2D eigenvalue weighted by atomic mass is 9.84. The van der Waals surface area contributed by atoms with Crippen LogP contribution in [0.15, 0.2) is 66.9 Å². The molecule has 2 heterocycles. The monoisotopic (exact) mass is 387 g/mol. The molecule has 0 saturated carbocycles. The zero-order chi connectivity index (χ0) is 19.8. The van der Waals surface area contributed by atoms with Crippen LogP contribution in [-0.2, 0) is 6.54 Å². The molecule has 1 aromatic heterocycles. The van der Waals surface area contributed by atoms with Gasteiger partial charge in [-0.25, -0.2) is 8.78 Å². The SMILES string of the molecule is Fc1c(-c2cccnn2)ccc2c1CNCCC2c1ccc2ccccc2c1F. The van der Waals surface area contributed by atoms with Crippen molar-refractivity contribution in [1.82, 2.24) is 15.5 Å². The predicted molar refractivity (Wildman–Crippen MR) is 109 cm³/mol. The lowest BCUT2D eigenvalue weighted by Crippen LogP contribution is -2.13. The third-order valence-corrected chi connectivity index (χ3v) is 5.68.